The molecule has 0 radical (unpaired) electrons. The van der Waals surface area contributed by atoms with E-state index in [9.17, 15) is 14.7 Å². The first-order valence-electron chi connectivity index (χ1n) is 14.3. The van der Waals surface area contributed by atoms with E-state index < -0.39 is 5.97 Å². The lowest BCUT2D eigenvalue weighted by atomic mass is 9.95. The van der Waals surface area contributed by atoms with Gasteiger partial charge >= 0.3 is 5.97 Å². The molecule has 8 heteroatoms. The minimum atomic E-state index is -0.936. The Bertz CT molecular complexity index is 1470. The van der Waals surface area contributed by atoms with Gasteiger partial charge in [-0.15, -0.1) is 0 Å². The Morgan fingerprint density at radius 3 is 2.50 bits per heavy atom. The van der Waals surface area contributed by atoms with Crippen LogP contribution in [0.15, 0.2) is 60.7 Å². The van der Waals surface area contributed by atoms with Gasteiger partial charge in [0.2, 0.25) is 5.91 Å². The van der Waals surface area contributed by atoms with E-state index in [4.69, 9.17) is 9.97 Å². The number of rotatable bonds is 11. The molecule has 2 aromatic heterocycles. The van der Waals surface area contributed by atoms with Gasteiger partial charge in [-0.05, 0) is 54.2 Å². The van der Waals surface area contributed by atoms with Crippen molar-refractivity contribution in [3.05, 3.63) is 77.6 Å². The molecule has 3 N–H and O–H groups in total. The highest BCUT2D eigenvalue weighted by Gasteiger charge is 2.17. The van der Waals surface area contributed by atoms with E-state index in [-0.39, 0.29) is 11.5 Å². The van der Waals surface area contributed by atoms with Gasteiger partial charge < -0.3 is 20.3 Å². The first kappa shape index (κ1) is 27.4. The molecule has 1 amide bonds. The highest BCUT2D eigenvalue weighted by Crippen LogP contribution is 2.26. The van der Waals surface area contributed by atoms with Crippen LogP contribution < -0.4 is 10.6 Å². The van der Waals surface area contributed by atoms with Gasteiger partial charge in [0.25, 0.3) is 0 Å². The molecule has 1 saturated carbocycles. The van der Waals surface area contributed by atoms with Crippen LogP contribution in [0.3, 0.4) is 0 Å². The number of hydrogen-bond donors (Lipinski definition) is 3. The second-order valence-electron chi connectivity index (χ2n) is 10.5. The highest BCUT2D eigenvalue weighted by atomic mass is 16.4. The van der Waals surface area contributed by atoms with Gasteiger partial charge in [0.15, 0.2) is 5.65 Å². The van der Waals surface area contributed by atoms with E-state index in [1.54, 1.807) is 12.1 Å². The fourth-order valence-electron chi connectivity index (χ4n) is 5.47. The number of aryl methyl sites for hydroxylation is 1. The lowest BCUT2D eigenvalue weighted by Crippen LogP contribution is -2.36. The second kappa shape index (κ2) is 12.8. The maximum absolute atomic E-state index is 12.4. The van der Waals surface area contributed by atoms with Crippen molar-refractivity contribution in [1.29, 1.82) is 0 Å². The van der Waals surface area contributed by atoms with Crippen molar-refractivity contribution in [3.8, 4) is 11.1 Å². The number of aromatic carboxylic acids is 1. The van der Waals surface area contributed by atoms with Crippen molar-refractivity contribution in [3.63, 3.8) is 0 Å². The largest absolute Gasteiger partial charge is 0.478 e. The van der Waals surface area contributed by atoms with Crippen molar-refractivity contribution in [2.24, 2.45) is 0 Å². The summed E-state index contributed by atoms with van der Waals surface area (Å²) in [7, 11) is 0. The number of amides is 1. The number of aromatic nitrogens is 3. The molecule has 0 saturated heterocycles. The van der Waals surface area contributed by atoms with Crippen LogP contribution in [0.5, 0.6) is 0 Å². The Morgan fingerprint density at radius 2 is 1.75 bits per heavy atom. The molecule has 2 heterocycles. The number of anilines is 1. The topological polar surface area (TPSA) is 109 Å². The molecule has 2 aromatic carbocycles. The van der Waals surface area contributed by atoms with E-state index in [2.05, 4.69) is 22.1 Å². The highest BCUT2D eigenvalue weighted by molar-refractivity contribution is 5.96. The van der Waals surface area contributed by atoms with Crippen molar-refractivity contribution in [1.82, 2.24) is 19.9 Å². The number of nitrogens with zero attached hydrogens (tertiary/aromatic N) is 3. The summed E-state index contributed by atoms with van der Waals surface area (Å²) >= 11 is 0. The van der Waals surface area contributed by atoms with Gasteiger partial charge in [0.1, 0.15) is 17.2 Å². The monoisotopic (exact) mass is 539 g/mol. The SMILES string of the molecule is CCCc1nc2ccc(NCCC(=O)NC3CCCCC3)nc2n1Cc1ccc(-c2ccccc2C(=O)O)cc1. The third kappa shape index (κ3) is 6.50. The number of carbonyl (C=O) groups is 2. The lowest BCUT2D eigenvalue weighted by molar-refractivity contribution is -0.121. The molecule has 0 unspecified atom stereocenters. The molecule has 0 aliphatic heterocycles. The normalized spacial score (nSPS) is 13.8. The summed E-state index contributed by atoms with van der Waals surface area (Å²) in [4.78, 5) is 33.8. The Hall–Kier alpha value is -4.20. The van der Waals surface area contributed by atoms with E-state index in [1.807, 2.05) is 48.5 Å². The number of hydrogen-bond acceptors (Lipinski definition) is 5. The zero-order chi connectivity index (χ0) is 27.9. The van der Waals surface area contributed by atoms with E-state index in [1.165, 1.54) is 19.3 Å². The second-order valence-corrected chi connectivity index (χ2v) is 10.5. The van der Waals surface area contributed by atoms with Gasteiger partial charge in [-0.3, -0.25) is 4.79 Å². The van der Waals surface area contributed by atoms with Crippen LogP contribution in [0, 0.1) is 0 Å². The zero-order valence-corrected chi connectivity index (χ0v) is 23.0. The summed E-state index contributed by atoms with van der Waals surface area (Å²) in [6, 6.07) is 19.3. The van der Waals surface area contributed by atoms with Gasteiger partial charge in [-0.25, -0.2) is 14.8 Å². The minimum Gasteiger partial charge on any atom is -0.478 e. The molecule has 40 heavy (non-hydrogen) atoms. The fraction of sp³-hybridized carbons (Fsp3) is 0.375. The molecular formula is C32H37N5O3. The molecule has 1 aliphatic carbocycles. The Morgan fingerprint density at radius 1 is 0.975 bits per heavy atom. The quantitative estimate of drug-likeness (QED) is 0.214. The van der Waals surface area contributed by atoms with Gasteiger partial charge in [0, 0.05) is 25.4 Å². The van der Waals surface area contributed by atoms with Crippen LogP contribution in [0.2, 0.25) is 0 Å². The molecule has 5 rings (SSSR count). The zero-order valence-electron chi connectivity index (χ0n) is 23.0. The standard InChI is InChI=1S/C32H37N5O3/c1-2-8-29-35-27-17-18-28(33-20-19-30(38)34-24-9-4-3-5-10-24)36-31(27)37(29)21-22-13-15-23(16-14-22)25-11-6-7-12-26(25)32(39)40/h6-7,11-18,24H,2-5,8-10,19-21H2,1H3,(H,33,36)(H,34,38)(H,39,40). The Kier molecular flexibility index (Phi) is 8.74. The summed E-state index contributed by atoms with van der Waals surface area (Å²) in [5.41, 5.74) is 4.58. The number of carboxylic acid groups (broad SMARTS) is 1. The number of pyridine rings is 1. The molecule has 1 fully saturated rings. The molecule has 0 spiro atoms. The molecule has 0 bridgehead atoms. The number of nitrogens with one attached hydrogen (secondary N) is 2. The third-order valence-electron chi connectivity index (χ3n) is 7.54. The van der Waals surface area contributed by atoms with Crippen molar-refractivity contribution in [2.75, 3.05) is 11.9 Å². The van der Waals surface area contributed by atoms with Crippen LogP contribution in [-0.2, 0) is 17.8 Å². The van der Waals surface area contributed by atoms with Crippen molar-refractivity contribution in [2.45, 2.75) is 70.9 Å². The van der Waals surface area contributed by atoms with E-state index >= 15 is 0 Å². The van der Waals surface area contributed by atoms with E-state index in [0.29, 0.717) is 31.1 Å². The van der Waals surface area contributed by atoms with Crippen LogP contribution in [-0.4, -0.2) is 44.1 Å². The summed E-state index contributed by atoms with van der Waals surface area (Å²) in [5.74, 6) is 0.858. The molecule has 4 aromatic rings. The third-order valence-corrected chi connectivity index (χ3v) is 7.54. The number of benzene rings is 2. The average molecular weight is 540 g/mol. The summed E-state index contributed by atoms with van der Waals surface area (Å²) in [5, 5.41) is 16.0. The first-order valence-corrected chi connectivity index (χ1v) is 14.3. The molecule has 1 aliphatic rings. The van der Waals surface area contributed by atoms with Gasteiger partial charge in [0.05, 0.1) is 12.1 Å². The molecular weight excluding hydrogens is 502 g/mol. The van der Waals surface area contributed by atoms with Crippen LogP contribution >= 0.6 is 0 Å². The lowest BCUT2D eigenvalue weighted by Gasteiger charge is -2.22. The van der Waals surface area contributed by atoms with Crippen molar-refractivity contribution >= 4 is 28.9 Å². The van der Waals surface area contributed by atoms with Crippen LogP contribution in [0.4, 0.5) is 5.82 Å². The minimum absolute atomic E-state index is 0.0881. The molecule has 208 valence electrons. The molecule has 0 atom stereocenters. The summed E-state index contributed by atoms with van der Waals surface area (Å²) in [6.07, 6.45) is 8.05. The fourth-order valence-corrected chi connectivity index (χ4v) is 5.47. The average Bonchev–Trinajstić information content (AvgIpc) is 3.30. The van der Waals surface area contributed by atoms with Gasteiger partial charge in [-0.1, -0.05) is 68.7 Å². The van der Waals surface area contributed by atoms with Crippen LogP contribution in [0.25, 0.3) is 22.3 Å². The maximum Gasteiger partial charge on any atom is 0.336 e. The smallest absolute Gasteiger partial charge is 0.336 e. The molecule has 8 nitrogen and oxygen atoms in total. The predicted molar refractivity (Wildman–Crippen MR) is 158 cm³/mol. The Labute approximate surface area is 234 Å². The van der Waals surface area contributed by atoms with E-state index in [0.717, 1.165) is 59.6 Å². The number of fused-ring (bicyclic) bond motifs is 1. The first-order chi connectivity index (χ1) is 19.5. The number of carboxylic acids is 1. The van der Waals surface area contributed by atoms with Crippen LogP contribution in [0.1, 0.15) is 73.6 Å². The number of carbonyl (C=O) groups excluding carboxylic acids is 1. The Balaban J connectivity index is 1.30. The van der Waals surface area contributed by atoms with Gasteiger partial charge in [-0.2, -0.15) is 0 Å². The maximum atomic E-state index is 12.4. The predicted octanol–water partition coefficient (Wildman–Crippen LogP) is 6.05. The van der Waals surface area contributed by atoms with Crippen molar-refractivity contribution < 1.29 is 14.7 Å². The summed E-state index contributed by atoms with van der Waals surface area (Å²) < 4.78 is 2.15. The summed E-state index contributed by atoms with van der Waals surface area (Å²) in [6.45, 7) is 3.26. The number of imidazole rings is 1.